The van der Waals surface area contributed by atoms with E-state index in [2.05, 4.69) is 45.0 Å². The van der Waals surface area contributed by atoms with E-state index in [4.69, 9.17) is 4.42 Å². The van der Waals surface area contributed by atoms with Gasteiger partial charge in [0.05, 0.1) is 12.8 Å². The van der Waals surface area contributed by atoms with Crippen LogP contribution < -0.4 is 5.32 Å². The average molecular weight is 280 g/mol. The molecule has 0 amide bonds. The van der Waals surface area contributed by atoms with Crippen molar-refractivity contribution in [1.29, 1.82) is 0 Å². The minimum Gasteiger partial charge on any atom is -0.468 e. The molecule has 116 valence electrons. The highest BCUT2D eigenvalue weighted by molar-refractivity contribution is 4.98. The number of hydrogen-bond donors (Lipinski definition) is 1. The molecular formula is C17H32N2O. The van der Waals surface area contributed by atoms with Crippen molar-refractivity contribution in [2.75, 3.05) is 26.7 Å². The van der Waals surface area contributed by atoms with Gasteiger partial charge in [0.1, 0.15) is 5.76 Å². The standard InChI is InChI=1S/C17H32N2O/c1-6-9-17(4,13-18-11-15(2)3)14-19(5)12-16-8-7-10-20-16/h7-8,10,15,18H,6,9,11-14H2,1-5H3. The van der Waals surface area contributed by atoms with Crippen molar-refractivity contribution >= 4 is 0 Å². The molecule has 1 atom stereocenters. The van der Waals surface area contributed by atoms with Gasteiger partial charge in [-0.15, -0.1) is 0 Å². The number of nitrogens with zero attached hydrogens (tertiary/aromatic N) is 1. The number of hydrogen-bond acceptors (Lipinski definition) is 3. The third-order valence-corrected chi connectivity index (χ3v) is 3.62. The zero-order chi connectivity index (χ0) is 15.0. The molecule has 20 heavy (non-hydrogen) atoms. The molecule has 0 aliphatic heterocycles. The van der Waals surface area contributed by atoms with E-state index in [0.29, 0.717) is 11.3 Å². The Morgan fingerprint density at radius 2 is 2.15 bits per heavy atom. The minimum absolute atomic E-state index is 0.324. The summed E-state index contributed by atoms with van der Waals surface area (Å²) in [4.78, 5) is 2.37. The summed E-state index contributed by atoms with van der Waals surface area (Å²) < 4.78 is 5.43. The van der Waals surface area contributed by atoms with E-state index in [1.807, 2.05) is 12.1 Å². The lowest BCUT2D eigenvalue weighted by molar-refractivity contribution is 0.160. The molecule has 0 aliphatic carbocycles. The van der Waals surface area contributed by atoms with Crippen LogP contribution in [0.3, 0.4) is 0 Å². The zero-order valence-electron chi connectivity index (χ0n) is 13.9. The van der Waals surface area contributed by atoms with Gasteiger partial charge in [-0.3, -0.25) is 4.90 Å². The molecule has 3 heteroatoms. The highest BCUT2D eigenvalue weighted by atomic mass is 16.3. The van der Waals surface area contributed by atoms with Crippen molar-refractivity contribution in [3.63, 3.8) is 0 Å². The first-order valence-electron chi connectivity index (χ1n) is 7.87. The monoisotopic (exact) mass is 280 g/mol. The summed E-state index contributed by atoms with van der Waals surface area (Å²) in [5.41, 5.74) is 0.324. The molecular weight excluding hydrogens is 248 g/mol. The van der Waals surface area contributed by atoms with Gasteiger partial charge in [-0.25, -0.2) is 0 Å². The lowest BCUT2D eigenvalue weighted by Gasteiger charge is -2.34. The molecule has 0 bridgehead atoms. The fraction of sp³-hybridized carbons (Fsp3) is 0.765. The molecule has 1 aromatic heterocycles. The highest BCUT2D eigenvalue weighted by Crippen LogP contribution is 2.24. The van der Waals surface area contributed by atoms with E-state index in [-0.39, 0.29) is 0 Å². The van der Waals surface area contributed by atoms with Crippen molar-refractivity contribution < 1.29 is 4.42 Å². The molecule has 0 fully saturated rings. The Bertz CT molecular complexity index is 348. The first-order chi connectivity index (χ1) is 9.45. The number of nitrogens with one attached hydrogen (secondary N) is 1. The predicted molar refractivity (Wildman–Crippen MR) is 85.8 cm³/mol. The first-order valence-corrected chi connectivity index (χ1v) is 7.87. The molecule has 0 spiro atoms. The summed E-state index contributed by atoms with van der Waals surface area (Å²) in [5, 5.41) is 3.62. The second-order valence-electron chi connectivity index (χ2n) is 6.84. The normalized spacial score (nSPS) is 14.9. The van der Waals surface area contributed by atoms with E-state index in [9.17, 15) is 0 Å². The molecule has 1 aromatic rings. The van der Waals surface area contributed by atoms with Gasteiger partial charge in [0.2, 0.25) is 0 Å². The maximum Gasteiger partial charge on any atom is 0.117 e. The molecule has 3 nitrogen and oxygen atoms in total. The number of furan rings is 1. The summed E-state index contributed by atoms with van der Waals surface area (Å²) in [6.45, 7) is 13.3. The Balaban J connectivity index is 2.46. The molecule has 0 radical (unpaired) electrons. The van der Waals surface area contributed by atoms with E-state index in [1.54, 1.807) is 6.26 Å². The molecule has 0 saturated heterocycles. The molecule has 0 saturated carbocycles. The maximum absolute atomic E-state index is 5.43. The van der Waals surface area contributed by atoms with Crippen LogP contribution in [0.4, 0.5) is 0 Å². The van der Waals surface area contributed by atoms with E-state index >= 15 is 0 Å². The highest BCUT2D eigenvalue weighted by Gasteiger charge is 2.25. The third-order valence-electron chi connectivity index (χ3n) is 3.62. The van der Waals surface area contributed by atoms with E-state index < -0.39 is 0 Å². The lowest BCUT2D eigenvalue weighted by Crippen LogP contribution is -2.41. The fourth-order valence-electron chi connectivity index (χ4n) is 2.87. The summed E-state index contributed by atoms with van der Waals surface area (Å²) in [6.07, 6.45) is 4.23. The Labute approximate surface area is 124 Å². The summed E-state index contributed by atoms with van der Waals surface area (Å²) >= 11 is 0. The van der Waals surface area contributed by atoms with Gasteiger partial charge in [0.15, 0.2) is 0 Å². The van der Waals surface area contributed by atoms with Gasteiger partial charge in [-0.2, -0.15) is 0 Å². The van der Waals surface area contributed by atoms with Crippen LogP contribution in [0.15, 0.2) is 22.8 Å². The second kappa shape index (κ2) is 8.48. The molecule has 0 aromatic carbocycles. The van der Waals surface area contributed by atoms with Gasteiger partial charge >= 0.3 is 0 Å². The SMILES string of the molecule is CCCC(C)(CNCC(C)C)CN(C)Cc1ccco1. The van der Waals surface area contributed by atoms with Gasteiger partial charge < -0.3 is 9.73 Å². The van der Waals surface area contributed by atoms with Crippen LogP contribution in [0.1, 0.15) is 46.3 Å². The van der Waals surface area contributed by atoms with Crippen LogP contribution in [0.5, 0.6) is 0 Å². The van der Waals surface area contributed by atoms with Crippen molar-refractivity contribution in [2.45, 2.75) is 47.1 Å². The van der Waals surface area contributed by atoms with Crippen LogP contribution in [-0.4, -0.2) is 31.6 Å². The maximum atomic E-state index is 5.43. The molecule has 0 aliphatic rings. The Morgan fingerprint density at radius 3 is 2.70 bits per heavy atom. The van der Waals surface area contributed by atoms with Gasteiger partial charge in [0, 0.05) is 13.1 Å². The molecule has 1 N–H and O–H groups in total. The summed E-state index contributed by atoms with van der Waals surface area (Å²) in [7, 11) is 2.18. The van der Waals surface area contributed by atoms with Gasteiger partial charge in [-0.1, -0.05) is 34.1 Å². The van der Waals surface area contributed by atoms with E-state index in [0.717, 1.165) is 31.9 Å². The number of rotatable bonds is 10. The Hall–Kier alpha value is -0.800. The molecule has 1 rings (SSSR count). The summed E-state index contributed by atoms with van der Waals surface area (Å²) in [5.74, 6) is 1.75. The molecule has 1 unspecified atom stereocenters. The Kier molecular flexibility index (Phi) is 7.31. The van der Waals surface area contributed by atoms with Crippen molar-refractivity contribution in [3.05, 3.63) is 24.2 Å². The third kappa shape index (κ3) is 6.58. The topological polar surface area (TPSA) is 28.4 Å². The fourth-order valence-corrected chi connectivity index (χ4v) is 2.87. The molecule has 1 heterocycles. The zero-order valence-corrected chi connectivity index (χ0v) is 13.9. The van der Waals surface area contributed by atoms with Crippen molar-refractivity contribution in [1.82, 2.24) is 10.2 Å². The average Bonchev–Trinajstić information content (AvgIpc) is 2.80. The van der Waals surface area contributed by atoms with Gasteiger partial charge in [-0.05, 0) is 43.5 Å². The van der Waals surface area contributed by atoms with E-state index in [1.165, 1.54) is 12.8 Å². The van der Waals surface area contributed by atoms with Crippen LogP contribution in [0.2, 0.25) is 0 Å². The van der Waals surface area contributed by atoms with Crippen LogP contribution in [0.25, 0.3) is 0 Å². The van der Waals surface area contributed by atoms with Crippen LogP contribution in [-0.2, 0) is 6.54 Å². The minimum atomic E-state index is 0.324. The van der Waals surface area contributed by atoms with Crippen molar-refractivity contribution in [2.24, 2.45) is 11.3 Å². The van der Waals surface area contributed by atoms with Crippen LogP contribution in [0, 0.1) is 11.3 Å². The largest absolute Gasteiger partial charge is 0.468 e. The van der Waals surface area contributed by atoms with Gasteiger partial charge in [0.25, 0.3) is 0 Å². The second-order valence-corrected chi connectivity index (χ2v) is 6.84. The predicted octanol–water partition coefficient (Wildman–Crippen LogP) is 3.76. The lowest BCUT2D eigenvalue weighted by atomic mass is 9.84. The smallest absolute Gasteiger partial charge is 0.117 e. The first kappa shape index (κ1) is 17.3. The Morgan fingerprint density at radius 1 is 1.40 bits per heavy atom. The quantitative estimate of drug-likeness (QED) is 0.707. The summed E-state index contributed by atoms with van der Waals surface area (Å²) in [6, 6.07) is 4.00. The van der Waals surface area contributed by atoms with Crippen molar-refractivity contribution in [3.8, 4) is 0 Å². The van der Waals surface area contributed by atoms with Crippen LogP contribution >= 0.6 is 0 Å².